The first-order valence-electron chi connectivity index (χ1n) is 8.39. The van der Waals surface area contributed by atoms with Gasteiger partial charge in [-0.2, -0.15) is 0 Å². The topological polar surface area (TPSA) is 65.7 Å². The highest BCUT2D eigenvalue weighted by molar-refractivity contribution is 5.90. The number of fused-ring (bicyclic) bond motifs is 4. The predicted molar refractivity (Wildman–Crippen MR) is 95.4 cm³/mol. The number of rotatable bonds is 1. The molecular formula is C21H14O5. The number of esters is 1. The van der Waals surface area contributed by atoms with E-state index < -0.39 is 11.5 Å². The monoisotopic (exact) mass is 346 g/mol. The lowest BCUT2D eigenvalue weighted by molar-refractivity contribution is -0.135. The normalized spacial score (nSPS) is 18.4. The molecule has 0 bridgehead atoms. The van der Waals surface area contributed by atoms with E-state index in [9.17, 15) is 9.59 Å². The van der Waals surface area contributed by atoms with Crippen molar-refractivity contribution in [3.05, 3.63) is 75.7 Å². The van der Waals surface area contributed by atoms with Gasteiger partial charge in [0.15, 0.2) is 5.75 Å². The summed E-state index contributed by atoms with van der Waals surface area (Å²) in [6.45, 7) is 0.320. The first-order valence-corrected chi connectivity index (χ1v) is 8.39. The van der Waals surface area contributed by atoms with Gasteiger partial charge in [-0.1, -0.05) is 30.3 Å². The van der Waals surface area contributed by atoms with Crippen LogP contribution in [0.5, 0.6) is 11.5 Å². The molecule has 1 atom stereocenters. The van der Waals surface area contributed by atoms with E-state index in [4.69, 9.17) is 13.9 Å². The smallest absolute Gasteiger partial charge is 0.343 e. The highest BCUT2D eigenvalue weighted by Gasteiger charge is 2.35. The molecule has 0 spiro atoms. The van der Waals surface area contributed by atoms with Crippen LogP contribution in [-0.2, 0) is 4.79 Å². The number of carbonyl (C=O) groups is 1. The Balaban J connectivity index is 1.72. The minimum absolute atomic E-state index is 0.0907. The van der Waals surface area contributed by atoms with Crippen LogP contribution in [0.4, 0.5) is 0 Å². The molecule has 0 unspecified atom stereocenters. The van der Waals surface area contributed by atoms with Crippen LogP contribution in [0.25, 0.3) is 17.0 Å². The molecule has 0 radical (unpaired) electrons. The van der Waals surface area contributed by atoms with Gasteiger partial charge in [0.05, 0.1) is 17.4 Å². The Morgan fingerprint density at radius 2 is 1.77 bits per heavy atom. The standard InChI is InChI=1S/C21H14O5/c22-18-10-15(13-9-12-5-1-3-7-16(12)24-11-13)19-20(26-18)14-6-2-4-8-17(14)25-21(19)23/h1-9,15H,10-11H2/t15-/m0/s1. The molecule has 0 N–H and O–H groups in total. The van der Waals surface area contributed by atoms with E-state index >= 15 is 0 Å². The number of carbonyl (C=O) groups excluding carboxylic acids is 1. The second-order valence-corrected chi connectivity index (χ2v) is 6.41. The third-order valence-electron chi connectivity index (χ3n) is 4.84. The SMILES string of the molecule is O=C1C[C@@H](C2=Cc3ccccc3OC2)c2c(c3ccccc3oc2=O)O1. The minimum atomic E-state index is -0.476. The fraction of sp³-hybridized carbons (Fsp3) is 0.143. The van der Waals surface area contributed by atoms with E-state index in [-0.39, 0.29) is 12.4 Å². The summed E-state index contributed by atoms with van der Waals surface area (Å²) in [7, 11) is 0. The molecule has 0 aliphatic carbocycles. The number of para-hydroxylation sites is 2. The van der Waals surface area contributed by atoms with Crippen LogP contribution >= 0.6 is 0 Å². The van der Waals surface area contributed by atoms with Crippen LogP contribution in [0.3, 0.4) is 0 Å². The van der Waals surface area contributed by atoms with Crippen LogP contribution in [0.1, 0.15) is 23.5 Å². The van der Waals surface area contributed by atoms with E-state index in [1.807, 2.05) is 36.4 Å². The van der Waals surface area contributed by atoms with Gasteiger partial charge in [0.1, 0.15) is 17.9 Å². The maximum atomic E-state index is 12.7. The molecule has 5 nitrogen and oxygen atoms in total. The quantitative estimate of drug-likeness (QED) is 0.497. The summed E-state index contributed by atoms with van der Waals surface area (Å²) >= 11 is 0. The number of hydrogen-bond donors (Lipinski definition) is 0. The lowest BCUT2D eigenvalue weighted by Gasteiger charge is -2.28. The zero-order valence-electron chi connectivity index (χ0n) is 13.7. The van der Waals surface area contributed by atoms with E-state index in [0.717, 1.165) is 16.9 Å². The van der Waals surface area contributed by atoms with Gasteiger partial charge in [-0.3, -0.25) is 4.79 Å². The van der Waals surface area contributed by atoms with Gasteiger partial charge in [-0.05, 0) is 29.8 Å². The van der Waals surface area contributed by atoms with Crippen molar-refractivity contribution in [1.29, 1.82) is 0 Å². The van der Waals surface area contributed by atoms with Crippen molar-refractivity contribution in [3.8, 4) is 11.5 Å². The Hall–Kier alpha value is -3.34. The van der Waals surface area contributed by atoms with Crippen molar-refractivity contribution >= 4 is 23.0 Å². The highest BCUT2D eigenvalue weighted by atomic mass is 16.5. The van der Waals surface area contributed by atoms with Crippen LogP contribution < -0.4 is 15.1 Å². The lowest BCUT2D eigenvalue weighted by atomic mass is 9.85. The van der Waals surface area contributed by atoms with E-state index in [1.165, 1.54) is 0 Å². The van der Waals surface area contributed by atoms with Gasteiger partial charge in [0.25, 0.3) is 0 Å². The molecule has 2 aliphatic rings. The average molecular weight is 346 g/mol. The molecular weight excluding hydrogens is 332 g/mol. The molecule has 3 heterocycles. The first-order chi connectivity index (χ1) is 12.7. The lowest BCUT2D eigenvalue weighted by Crippen LogP contribution is -2.29. The van der Waals surface area contributed by atoms with Crippen molar-refractivity contribution in [3.63, 3.8) is 0 Å². The summed E-state index contributed by atoms with van der Waals surface area (Å²) in [5, 5.41) is 0.623. The van der Waals surface area contributed by atoms with E-state index in [2.05, 4.69) is 0 Å². The molecule has 3 aromatic rings. The molecule has 0 amide bonds. The Morgan fingerprint density at radius 1 is 0.962 bits per heavy atom. The minimum Gasteiger partial charge on any atom is -0.489 e. The van der Waals surface area contributed by atoms with Crippen LogP contribution in [-0.4, -0.2) is 12.6 Å². The maximum Gasteiger partial charge on any atom is 0.343 e. The number of hydrogen-bond acceptors (Lipinski definition) is 5. The molecule has 128 valence electrons. The van der Waals surface area contributed by atoms with Gasteiger partial charge < -0.3 is 13.9 Å². The largest absolute Gasteiger partial charge is 0.489 e. The van der Waals surface area contributed by atoms with E-state index in [1.54, 1.807) is 18.2 Å². The van der Waals surface area contributed by atoms with Crippen molar-refractivity contribution in [2.45, 2.75) is 12.3 Å². The Kier molecular flexibility index (Phi) is 3.22. The Morgan fingerprint density at radius 3 is 2.69 bits per heavy atom. The van der Waals surface area contributed by atoms with Gasteiger partial charge in [0, 0.05) is 11.5 Å². The molecule has 2 aromatic carbocycles. The van der Waals surface area contributed by atoms with Gasteiger partial charge in [0.2, 0.25) is 0 Å². The molecule has 5 heteroatoms. The summed E-state index contributed by atoms with van der Waals surface area (Å²) in [6, 6.07) is 14.7. The van der Waals surface area contributed by atoms with Crippen molar-refractivity contribution < 1.29 is 18.7 Å². The summed E-state index contributed by atoms with van der Waals surface area (Å²) in [6.07, 6.45) is 2.08. The molecule has 1 aromatic heterocycles. The molecule has 0 fully saturated rings. The number of ether oxygens (including phenoxy) is 2. The summed E-state index contributed by atoms with van der Waals surface area (Å²) in [4.78, 5) is 24.9. The second kappa shape index (κ2) is 5.59. The summed E-state index contributed by atoms with van der Waals surface area (Å²) < 4.78 is 16.7. The average Bonchev–Trinajstić information content (AvgIpc) is 2.67. The molecule has 0 saturated heterocycles. The van der Waals surface area contributed by atoms with Crippen molar-refractivity contribution in [1.82, 2.24) is 0 Å². The zero-order chi connectivity index (χ0) is 17.7. The molecule has 5 rings (SSSR count). The van der Waals surface area contributed by atoms with Crippen LogP contribution in [0.2, 0.25) is 0 Å². The fourth-order valence-electron chi connectivity index (χ4n) is 3.62. The zero-order valence-corrected chi connectivity index (χ0v) is 13.7. The number of benzene rings is 2. The Labute approximate surface area is 148 Å². The second-order valence-electron chi connectivity index (χ2n) is 6.41. The van der Waals surface area contributed by atoms with Crippen molar-refractivity contribution in [2.75, 3.05) is 6.61 Å². The maximum absolute atomic E-state index is 12.7. The fourth-order valence-corrected chi connectivity index (χ4v) is 3.62. The van der Waals surface area contributed by atoms with Crippen molar-refractivity contribution in [2.24, 2.45) is 0 Å². The van der Waals surface area contributed by atoms with Gasteiger partial charge >= 0.3 is 11.6 Å². The Bertz CT molecular complexity index is 1140. The summed E-state index contributed by atoms with van der Waals surface area (Å²) in [5.41, 5.74) is 2.11. The molecule has 2 aliphatic heterocycles. The van der Waals surface area contributed by atoms with Crippen LogP contribution in [0, 0.1) is 0 Å². The van der Waals surface area contributed by atoms with Crippen LogP contribution in [0.15, 0.2) is 63.3 Å². The first kappa shape index (κ1) is 15.0. The molecule has 26 heavy (non-hydrogen) atoms. The predicted octanol–water partition coefficient (Wildman–Crippen LogP) is 3.66. The van der Waals surface area contributed by atoms with Gasteiger partial charge in [-0.15, -0.1) is 0 Å². The molecule has 0 saturated carbocycles. The summed E-state index contributed by atoms with van der Waals surface area (Å²) in [5.74, 6) is 0.316. The van der Waals surface area contributed by atoms with Gasteiger partial charge in [-0.25, -0.2) is 4.79 Å². The third-order valence-corrected chi connectivity index (χ3v) is 4.84. The highest BCUT2D eigenvalue weighted by Crippen LogP contribution is 2.42. The van der Waals surface area contributed by atoms with E-state index in [0.29, 0.717) is 28.9 Å². The third kappa shape index (κ3) is 2.24.